The molecule has 0 aliphatic carbocycles. The molecule has 1 aromatic heterocycles. The van der Waals surface area contributed by atoms with Crippen molar-refractivity contribution < 1.29 is 14.3 Å². The predicted octanol–water partition coefficient (Wildman–Crippen LogP) is 2.62. The van der Waals surface area contributed by atoms with Gasteiger partial charge in [-0.25, -0.2) is 4.68 Å². The van der Waals surface area contributed by atoms with Crippen LogP contribution in [-0.2, 0) is 16.1 Å². The van der Waals surface area contributed by atoms with Crippen molar-refractivity contribution in [1.82, 2.24) is 14.7 Å². The molecule has 28 heavy (non-hydrogen) atoms. The van der Waals surface area contributed by atoms with Crippen molar-refractivity contribution >= 4 is 17.5 Å². The third-order valence-electron chi connectivity index (χ3n) is 4.57. The number of nitrogens with one attached hydrogen (secondary N) is 1. The molecule has 142 valence electrons. The second kappa shape index (κ2) is 7.56. The maximum absolute atomic E-state index is 12.6. The molecule has 0 radical (unpaired) electrons. The van der Waals surface area contributed by atoms with Crippen LogP contribution in [0.15, 0.2) is 67.0 Å². The molecule has 7 heteroatoms. The number of hydrogen-bond acceptors (Lipinski definition) is 4. The molecule has 1 aliphatic heterocycles. The van der Waals surface area contributed by atoms with Gasteiger partial charge in [0.05, 0.1) is 24.0 Å². The molecule has 1 N–H and O–H groups in total. The van der Waals surface area contributed by atoms with Crippen LogP contribution >= 0.6 is 0 Å². The van der Waals surface area contributed by atoms with Crippen LogP contribution in [0.3, 0.4) is 0 Å². The van der Waals surface area contributed by atoms with Crippen LogP contribution in [0.5, 0.6) is 5.75 Å². The van der Waals surface area contributed by atoms with Crippen LogP contribution in [0.25, 0.3) is 5.69 Å². The number of hydrogen-bond donors (Lipinski definition) is 1. The number of carbonyl (C=O) groups is 2. The number of aromatic nitrogens is 2. The highest BCUT2D eigenvalue weighted by atomic mass is 16.5. The van der Waals surface area contributed by atoms with Gasteiger partial charge in [-0.05, 0) is 24.3 Å². The lowest BCUT2D eigenvalue weighted by Crippen LogP contribution is -2.41. The Balaban J connectivity index is 1.38. The molecule has 0 bridgehead atoms. The smallest absolute Gasteiger partial charge is 0.266 e. The van der Waals surface area contributed by atoms with E-state index >= 15 is 0 Å². The minimum absolute atomic E-state index is 0.0243. The number of anilines is 1. The molecule has 1 atom stereocenters. The molecule has 0 spiro atoms. The third kappa shape index (κ3) is 3.73. The Morgan fingerprint density at radius 2 is 1.93 bits per heavy atom. The molecule has 4 rings (SSSR count). The number of amides is 2. The Morgan fingerprint density at radius 3 is 2.75 bits per heavy atom. The average molecular weight is 376 g/mol. The number of benzene rings is 2. The summed E-state index contributed by atoms with van der Waals surface area (Å²) in [5.74, 6) is 0.0935. The first kappa shape index (κ1) is 17.8. The Kier molecular flexibility index (Phi) is 4.80. The first-order chi connectivity index (χ1) is 13.6. The van der Waals surface area contributed by atoms with E-state index in [0.717, 1.165) is 11.3 Å². The summed E-state index contributed by atoms with van der Waals surface area (Å²) in [6, 6.07) is 16.9. The number of fused-ring (bicyclic) bond motifs is 1. The van der Waals surface area contributed by atoms with Crippen LogP contribution in [0.4, 0.5) is 5.69 Å². The van der Waals surface area contributed by atoms with E-state index in [9.17, 15) is 9.59 Å². The van der Waals surface area contributed by atoms with Crippen LogP contribution < -0.4 is 10.1 Å². The standard InChI is InChI=1S/C21H20N4O3/c1-24(13-15-12-22-25(14-15)16-7-3-2-4-8-16)20(26)11-19-21(27)23-17-9-5-6-10-18(17)28-19/h2-10,12,14,19H,11,13H2,1H3,(H,23,27)/t19-/m1/s1. The predicted molar refractivity (Wildman–Crippen MR) is 104 cm³/mol. The summed E-state index contributed by atoms with van der Waals surface area (Å²) in [6.07, 6.45) is 2.76. The molecule has 1 aliphatic rings. The summed E-state index contributed by atoms with van der Waals surface area (Å²) in [7, 11) is 1.71. The van der Waals surface area contributed by atoms with E-state index in [4.69, 9.17) is 4.74 Å². The summed E-state index contributed by atoms with van der Waals surface area (Å²) in [5.41, 5.74) is 2.48. The zero-order chi connectivity index (χ0) is 19.5. The van der Waals surface area contributed by atoms with Gasteiger partial charge in [0.2, 0.25) is 5.91 Å². The fraction of sp³-hybridized carbons (Fsp3) is 0.190. The van der Waals surface area contributed by atoms with Gasteiger partial charge < -0.3 is 15.0 Å². The molecule has 7 nitrogen and oxygen atoms in total. The van der Waals surface area contributed by atoms with Crippen LogP contribution in [0.2, 0.25) is 0 Å². The first-order valence-electron chi connectivity index (χ1n) is 8.99. The number of ether oxygens (including phenoxy) is 1. The van der Waals surface area contributed by atoms with Crippen molar-refractivity contribution in [3.8, 4) is 11.4 Å². The quantitative estimate of drug-likeness (QED) is 0.743. The topological polar surface area (TPSA) is 76.5 Å². The van der Waals surface area contributed by atoms with E-state index in [-0.39, 0.29) is 18.2 Å². The molecule has 0 saturated carbocycles. The van der Waals surface area contributed by atoms with Crippen molar-refractivity contribution in [1.29, 1.82) is 0 Å². The van der Waals surface area contributed by atoms with E-state index < -0.39 is 6.10 Å². The van der Waals surface area contributed by atoms with Gasteiger partial charge in [0.1, 0.15) is 5.75 Å². The Labute approximate surface area is 162 Å². The minimum atomic E-state index is -0.836. The average Bonchev–Trinajstić information content (AvgIpc) is 3.17. The lowest BCUT2D eigenvalue weighted by molar-refractivity contribution is -0.136. The Morgan fingerprint density at radius 1 is 1.18 bits per heavy atom. The van der Waals surface area contributed by atoms with E-state index in [1.165, 1.54) is 0 Å². The zero-order valence-electron chi connectivity index (χ0n) is 15.4. The van der Waals surface area contributed by atoms with Gasteiger partial charge >= 0.3 is 0 Å². The van der Waals surface area contributed by atoms with Gasteiger partial charge in [0.15, 0.2) is 6.10 Å². The SMILES string of the molecule is CN(Cc1cnn(-c2ccccc2)c1)C(=O)C[C@H]1Oc2ccccc2NC1=O. The number of rotatable bonds is 5. The molecule has 2 heterocycles. The minimum Gasteiger partial charge on any atom is -0.478 e. The maximum atomic E-state index is 12.6. The maximum Gasteiger partial charge on any atom is 0.266 e. The van der Waals surface area contributed by atoms with Crippen LogP contribution in [-0.4, -0.2) is 39.6 Å². The van der Waals surface area contributed by atoms with E-state index in [0.29, 0.717) is 18.0 Å². The summed E-state index contributed by atoms with van der Waals surface area (Å²) in [4.78, 5) is 26.4. The fourth-order valence-corrected chi connectivity index (χ4v) is 3.07. The third-order valence-corrected chi connectivity index (χ3v) is 4.57. The van der Waals surface area contributed by atoms with Crippen molar-refractivity contribution in [2.24, 2.45) is 0 Å². The number of para-hydroxylation sites is 3. The highest BCUT2D eigenvalue weighted by Gasteiger charge is 2.30. The van der Waals surface area contributed by atoms with Crippen molar-refractivity contribution in [3.63, 3.8) is 0 Å². The van der Waals surface area contributed by atoms with Crippen LogP contribution in [0, 0.1) is 0 Å². The molecule has 3 aromatic rings. The molecular formula is C21H20N4O3. The monoisotopic (exact) mass is 376 g/mol. The Bertz CT molecular complexity index is 1000. The largest absolute Gasteiger partial charge is 0.478 e. The lowest BCUT2D eigenvalue weighted by Gasteiger charge is -2.26. The summed E-state index contributed by atoms with van der Waals surface area (Å²) in [5, 5.41) is 7.12. The van der Waals surface area contributed by atoms with Gasteiger partial charge in [-0.3, -0.25) is 9.59 Å². The molecular weight excluding hydrogens is 356 g/mol. The second-order valence-corrected chi connectivity index (χ2v) is 6.67. The summed E-state index contributed by atoms with van der Waals surface area (Å²) in [6.45, 7) is 0.399. The summed E-state index contributed by atoms with van der Waals surface area (Å²) < 4.78 is 7.47. The van der Waals surface area contributed by atoms with Crippen molar-refractivity contribution in [2.45, 2.75) is 19.1 Å². The number of carbonyl (C=O) groups excluding carboxylic acids is 2. The van der Waals surface area contributed by atoms with Gasteiger partial charge in [-0.2, -0.15) is 5.10 Å². The van der Waals surface area contributed by atoms with E-state index in [1.807, 2.05) is 48.7 Å². The van der Waals surface area contributed by atoms with Gasteiger partial charge in [0.25, 0.3) is 5.91 Å². The highest BCUT2D eigenvalue weighted by molar-refractivity contribution is 5.99. The zero-order valence-corrected chi connectivity index (χ0v) is 15.4. The molecule has 2 aromatic carbocycles. The summed E-state index contributed by atoms with van der Waals surface area (Å²) >= 11 is 0. The molecule has 0 unspecified atom stereocenters. The van der Waals surface area contributed by atoms with Gasteiger partial charge in [0, 0.05) is 25.4 Å². The number of nitrogens with zero attached hydrogens (tertiary/aromatic N) is 3. The second-order valence-electron chi connectivity index (χ2n) is 6.67. The van der Waals surface area contributed by atoms with Gasteiger partial charge in [-0.1, -0.05) is 30.3 Å². The van der Waals surface area contributed by atoms with Crippen molar-refractivity contribution in [2.75, 3.05) is 12.4 Å². The van der Waals surface area contributed by atoms with Gasteiger partial charge in [-0.15, -0.1) is 0 Å². The molecule has 2 amide bonds. The molecule has 0 saturated heterocycles. The Hall–Kier alpha value is -3.61. The van der Waals surface area contributed by atoms with Crippen molar-refractivity contribution in [3.05, 3.63) is 72.6 Å². The highest BCUT2D eigenvalue weighted by Crippen LogP contribution is 2.29. The first-order valence-corrected chi connectivity index (χ1v) is 8.99. The van der Waals surface area contributed by atoms with E-state index in [1.54, 1.807) is 35.0 Å². The normalized spacial score (nSPS) is 15.3. The fourth-order valence-electron chi connectivity index (χ4n) is 3.07. The van der Waals surface area contributed by atoms with Crippen LogP contribution in [0.1, 0.15) is 12.0 Å². The lowest BCUT2D eigenvalue weighted by atomic mass is 10.1. The van der Waals surface area contributed by atoms with E-state index in [2.05, 4.69) is 10.4 Å². The molecule has 0 fully saturated rings.